The maximum absolute atomic E-state index is 6.00. The highest BCUT2D eigenvalue weighted by molar-refractivity contribution is 5.93. The van der Waals surface area contributed by atoms with E-state index in [4.69, 9.17) is 10.5 Å². The van der Waals surface area contributed by atoms with Crippen LogP contribution in [0.5, 0.6) is 5.75 Å². The highest BCUT2D eigenvalue weighted by atomic mass is 16.5. The number of rotatable bonds is 3. The SMILES string of the molecule is COc1ccc2c(N3CCCCCC3CN)nccc2c1. The third kappa shape index (κ3) is 2.81. The molecule has 1 aromatic carbocycles. The van der Waals surface area contributed by atoms with Crippen LogP contribution in [0.2, 0.25) is 0 Å². The zero-order valence-electron chi connectivity index (χ0n) is 12.6. The van der Waals surface area contributed by atoms with Gasteiger partial charge in [-0.25, -0.2) is 4.98 Å². The van der Waals surface area contributed by atoms with Gasteiger partial charge < -0.3 is 15.4 Å². The van der Waals surface area contributed by atoms with Crippen LogP contribution in [-0.2, 0) is 0 Å². The van der Waals surface area contributed by atoms with E-state index in [9.17, 15) is 0 Å². The lowest BCUT2D eigenvalue weighted by Gasteiger charge is -2.31. The highest BCUT2D eigenvalue weighted by Crippen LogP contribution is 2.30. The number of benzene rings is 1. The Bertz CT molecular complexity index is 614. The van der Waals surface area contributed by atoms with E-state index < -0.39 is 0 Å². The van der Waals surface area contributed by atoms with E-state index in [2.05, 4.69) is 22.0 Å². The molecule has 0 radical (unpaired) electrons. The van der Waals surface area contributed by atoms with Gasteiger partial charge in [0.05, 0.1) is 7.11 Å². The molecule has 2 heterocycles. The molecule has 4 nitrogen and oxygen atoms in total. The van der Waals surface area contributed by atoms with Gasteiger partial charge in [-0.05, 0) is 42.5 Å². The van der Waals surface area contributed by atoms with Gasteiger partial charge in [0.15, 0.2) is 0 Å². The van der Waals surface area contributed by atoms with Gasteiger partial charge in [-0.1, -0.05) is 12.8 Å². The largest absolute Gasteiger partial charge is 0.497 e. The molecule has 1 aliphatic heterocycles. The number of hydrogen-bond acceptors (Lipinski definition) is 4. The van der Waals surface area contributed by atoms with Crippen LogP contribution in [0.4, 0.5) is 5.82 Å². The molecule has 2 aromatic rings. The lowest BCUT2D eigenvalue weighted by molar-refractivity contribution is 0.415. The fourth-order valence-corrected chi connectivity index (χ4v) is 3.20. The van der Waals surface area contributed by atoms with Crippen molar-refractivity contribution in [3.05, 3.63) is 30.5 Å². The predicted molar refractivity (Wildman–Crippen MR) is 87.0 cm³/mol. The number of aromatic nitrogens is 1. The van der Waals surface area contributed by atoms with Gasteiger partial charge in [-0.2, -0.15) is 0 Å². The molecule has 1 aromatic heterocycles. The highest BCUT2D eigenvalue weighted by Gasteiger charge is 2.22. The van der Waals surface area contributed by atoms with Crippen molar-refractivity contribution in [1.29, 1.82) is 0 Å². The molecule has 0 bridgehead atoms. The second-order valence-electron chi connectivity index (χ2n) is 5.65. The first-order valence-corrected chi connectivity index (χ1v) is 7.73. The second-order valence-corrected chi connectivity index (χ2v) is 5.65. The zero-order chi connectivity index (χ0) is 14.7. The molecule has 21 heavy (non-hydrogen) atoms. The number of pyridine rings is 1. The summed E-state index contributed by atoms with van der Waals surface area (Å²) in [6.07, 6.45) is 6.80. The number of nitrogens with two attached hydrogens (primary N) is 1. The average molecular weight is 285 g/mol. The van der Waals surface area contributed by atoms with Gasteiger partial charge >= 0.3 is 0 Å². The van der Waals surface area contributed by atoms with Crippen molar-refractivity contribution in [1.82, 2.24) is 4.98 Å². The molecule has 4 heteroatoms. The molecular formula is C17H23N3O. The molecule has 2 N–H and O–H groups in total. The summed E-state index contributed by atoms with van der Waals surface area (Å²) in [7, 11) is 1.70. The smallest absolute Gasteiger partial charge is 0.136 e. The van der Waals surface area contributed by atoms with Crippen LogP contribution in [0.25, 0.3) is 10.8 Å². The fourth-order valence-electron chi connectivity index (χ4n) is 3.20. The molecule has 1 aliphatic rings. The first-order chi connectivity index (χ1) is 10.3. The third-order valence-corrected chi connectivity index (χ3v) is 4.37. The van der Waals surface area contributed by atoms with Crippen LogP contribution >= 0.6 is 0 Å². The maximum atomic E-state index is 6.00. The Hall–Kier alpha value is -1.81. The van der Waals surface area contributed by atoms with E-state index in [1.54, 1.807) is 7.11 Å². The Morgan fingerprint density at radius 2 is 2.19 bits per heavy atom. The summed E-state index contributed by atoms with van der Waals surface area (Å²) < 4.78 is 5.32. The van der Waals surface area contributed by atoms with Crippen molar-refractivity contribution in [2.24, 2.45) is 5.73 Å². The Morgan fingerprint density at radius 3 is 3.00 bits per heavy atom. The molecule has 0 spiro atoms. The van der Waals surface area contributed by atoms with Crippen molar-refractivity contribution in [3.63, 3.8) is 0 Å². The Morgan fingerprint density at radius 1 is 1.29 bits per heavy atom. The van der Waals surface area contributed by atoms with Crippen LogP contribution in [0.15, 0.2) is 30.5 Å². The first-order valence-electron chi connectivity index (χ1n) is 7.73. The topological polar surface area (TPSA) is 51.4 Å². The zero-order valence-corrected chi connectivity index (χ0v) is 12.6. The Kier molecular flexibility index (Phi) is 4.25. The molecule has 1 fully saturated rings. The van der Waals surface area contributed by atoms with E-state index >= 15 is 0 Å². The molecule has 112 valence electrons. The van der Waals surface area contributed by atoms with E-state index in [1.807, 2.05) is 18.3 Å². The van der Waals surface area contributed by atoms with Crippen LogP contribution in [-0.4, -0.2) is 31.2 Å². The third-order valence-electron chi connectivity index (χ3n) is 4.37. The van der Waals surface area contributed by atoms with E-state index in [0.29, 0.717) is 12.6 Å². The quantitative estimate of drug-likeness (QED) is 0.942. The van der Waals surface area contributed by atoms with Crippen molar-refractivity contribution >= 4 is 16.6 Å². The van der Waals surface area contributed by atoms with Gasteiger partial charge in [0.25, 0.3) is 0 Å². The number of fused-ring (bicyclic) bond motifs is 1. The molecule has 0 saturated carbocycles. The summed E-state index contributed by atoms with van der Waals surface area (Å²) >= 11 is 0. The summed E-state index contributed by atoms with van der Waals surface area (Å²) in [5.41, 5.74) is 6.00. The van der Waals surface area contributed by atoms with Crippen LogP contribution in [0, 0.1) is 0 Å². The molecule has 0 aliphatic carbocycles. The maximum Gasteiger partial charge on any atom is 0.136 e. The van der Waals surface area contributed by atoms with E-state index in [0.717, 1.165) is 24.5 Å². The monoisotopic (exact) mass is 285 g/mol. The van der Waals surface area contributed by atoms with Crippen molar-refractivity contribution in [2.75, 3.05) is 25.1 Å². The number of nitrogens with zero attached hydrogens (tertiary/aromatic N) is 2. The summed E-state index contributed by atoms with van der Waals surface area (Å²) in [6, 6.07) is 8.61. The standard InChI is InChI=1S/C17H23N3O/c1-21-15-6-7-16-13(11-15)8-9-19-17(16)20-10-4-2-3-5-14(20)12-18/h6-9,11,14H,2-5,10,12,18H2,1H3. The van der Waals surface area contributed by atoms with Crippen molar-refractivity contribution in [2.45, 2.75) is 31.7 Å². The van der Waals surface area contributed by atoms with Gasteiger partial charge in [0.1, 0.15) is 11.6 Å². The van der Waals surface area contributed by atoms with Crippen molar-refractivity contribution < 1.29 is 4.74 Å². The number of methoxy groups -OCH3 is 1. The second kappa shape index (κ2) is 6.31. The summed E-state index contributed by atoms with van der Waals surface area (Å²) in [6.45, 7) is 1.73. The van der Waals surface area contributed by atoms with Gasteiger partial charge in [-0.15, -0.1) is 0 Å². The van der Waals surface area contributed by atoms with Gasteiger partial charge in [-0.3, -0.25) is 0 Å². The summed E-state index contributed by atoms with van der Waals surface area (Å²) in [5, 5.41) is 2.35. The Balaban J connectivity index is 2.05. The summed E-state index contributed by atoms with van der Waals surface area (Å²) in [5.74, 6) is 1.94. The lowest BCUT2D eigenvalue weighted by atomic mass is 10.1. The van der Waals surface area contributed by atoms with Crippen LogP contribution < -0.4 is 15.4 Å². The van der Waals surface area contributed by atoms with Gasteiger partial charge in [0.2, 0.25) is 0 Å². The molecule has 0 amide bonds. The minimum atomic E-state index is 0.396. The summed E-state index contributed by atoms with van der Waals surface area (Å²) in [4.78, 5) is 7.06. The van der Waals surface area contributed by atoms with E-state index in [1.165, 1.54) is 30.0 Å². The molecule has 1 unspecified atom stereocenters. The normalized spacial score (nSPS) is 19.5. The minimum absolute atomic E-state index is 0.396. The predicted octanol–water partition coefficient (Wildman–Crippen LogP) is 2.95. The molecular weight excluding hydrogens is 262 g/mol. The number of hydrogen-bond donors (Lipinski definition) is 1. The molecule has 3 rings (SSSR count). The van der Waals surface area contributed by atoms with Crippen LogP contribution in [0.3, 0.4) is 0 Å². The lowest BCUT2D eigenvalue weighted by Crippen LogP contribution is -2.40. The van der Waals surface area contributed by atoms with Crippen LogP contribution in [0.1, 0.15) is 25.7 Å². The van der Waals surface area contributed by atoms with Gasteiger partial charge in [0, 0.05) is 30.7 Å². The first kappa shape index (κ1) is 14.1. The average Bonchev–Trinajstić information content (AvgIpc) is 2.78. The molecule has 1 atom stereocenters. The Labute approximate surface area is 125 Å². The van der Waals surface area contributed by atoms with Crippen molar-refractivity contribution in [3.8, 4) is 5.75 Å². The van der Waals surface area contributed by atoms with E-state index in [-0.39, 0.29) is 0 Å². The fraction of sp³-hybridized carbons (Fsp3) is 0.471. The minimum Gasteiger partial charge on any atom is -0.497 e. The number of anilines is 1. The number of ether oxygens (including phenoxy) is 1. The molecule has 1 saturated heterocycles.